The topological polar surface area (TPSA) is 33.6 Å². The highest BCUT2D eigenvalue weighted by Gasteiger charge is 2.47. The van der Waals surface area contributed by atoms with Gasteiger partial charge in [-0.2, -0.15) is 0 Å². The lowest BCUT2D eigenvalue weighted by Crippen LogP contribution is -2.23. The van der Waals surface area contributed by atoms with Gasteiger partial charge in [0.2, 0.25) is 0 Å². The maximum absolute atomic E-state index is 5.68. The Morgan fingerprint density at radius 2 is 1.97 bits per heavy atom. The lowest BCUT2D eigenvalue weighted by molar-refractivity contribution is 0.357. The van der Waals surface area contributed by atoms with Crippen LogP contribution in [0.1, 0.15) is 42.9 Å². The van der Waals surface area contributed by atoms with Crippen LogP contribution in [-0.2, 0) is 11.8 Å². The van der Waals surface area contributed by atoms with Gasteiger partial charge in [0, 0.05) is 47.1 Å². The predicted molar refractivity (Wildman–Crippen MR) is 119 cm³/mol. The Bertz CT molecular complexity index is 1060. The zero-order chi connectivity index (χ0) is 19.8. The van der Waals surface area contributed by atoms with Gasteiger partial charge in [0.15, 0.2) is 0 Å². The van der Waals surface area contributed by atoms with Gasteiger partial charge in [-0.25, -0.2) is 0 Å². The number of nitrogens with zero attached hydrogens (tertiary/aromatic N) is 1. The molecule has 3 heteroatoms. The molecular weight excluding hydrogens is 356 g/mol. The number of hydrogen-bond acceptors (Lipinski definition) is 3. The molecule has 29 heavy (non-hydrogen) atoms. The van der Waals surface area contributed by atoms with Crippen molar-refractivity contribution in [3.63, 3.8) is 0 Å². The van der Waals surface area contributed by atoms with Crippen LogP contribution in [0.3, 0.4) is 0 Å². The monoisotopic (exact) mass is 382 g/mol. The van der Waals surface area contributed by atoms with Crippen LogP contribution in [0.25, 0.3) is 5.57 Å². The van der Waals surface area contributed by atoms with Gasteiger partial charge in [0.05, 0.1) is 6.61 Å². The van der Waals surface area contributed by atoms with Crippen LogP contribution in [0.4, 0.5) is 0 Å². The number of ether oxygens (including phenoxy) is 1. The zero-order valence-electron chi connectivity index (χ0n) is 16.9. The number of benzene rings is 2. The molecule has 1 saturated carbocycles. The van der Waals surface area contributed by atoms with Crippen molar-refractivity contribution in [1.29, 1.82) is 0 Å². The molecule has 0 spiro atoms. The molecule has 0 atom stereocenters. The summed E-state index contributed by atoms with van der Waals surface area (Å²) in [4.78, 5) is 4.63. The fourth-order valence-corrected chi connectivity index (χ4v) is 4.37. The van der Waals surface area contributed by atoms with Gasteiger partial charge in [-0.05, 0) is 48.6 Å². The van der Waals surface area contributed by atoms with Crippen molar-refractivity contribution < 1.29 is 4.74 Å². The molecule has 146 valence electrons. The molecule has 0 bridgehead atoms. The van der Waals surface area contributed by atoms with Crippen LogP contribution in [0.5, 0.6) is 5.75 Å². The van der Waals surface area contributed by atoms with Gasteiger partial charge in [-0.15, -0.1) is 0 Å². The van der Waals surface area contributed by atoms with Crippen molar-refractivity contribution in [2.45, 2.75) is 38.0 Å². The van der Waals surface area contributed by atoms with Crippen molar-refractivity contribution in [3.05, 3.63) is 95.0 Å². The third-order valence-corrected chi connectivity index (χ3v) is 6.27. The fraction of sp³-hybridized carbons (Fsp3) is 0.269. The molecule has 3 aliphatic rings. The number of rotatable bonds is 5. The molecule has 0 unspecified atom stereocenters. The summed E-state index contributed by atoms with van der Waals surface area (Å²) in [7, 11) is 0. The van der Waals surface area contributed by atoms with Crippen LogP contribution in [-0.4, -0.2) is 12.8 Å². The minimum Gasteiger partial charge on any atom is -0.493 e. The summed E-state index contributed by atoms with van der Waals surface area (Å²) in [6.07, 6.45) is 8.28. The largest absolute Gasteiger partial charge is 0.493 e. The van der Waals surface area contributed by atoms with E-state index in [2.05, 4.69) is 72.4 Å². The summed E-state index contributed by atoms with van der Waals surface area (Å²) in [5.74, 6) is 1.04. The Morgan fingerprint density at radius 3 is 2.76 bits per heavy atom. The molecule has 2 aromatic rings. The summed E-state index contributed by atoms with van der Waals surface area (Å²) in [5, 5.41) is 3.66. The lowest BCUT2D eigenvalue weighted by Gasteiger charge is -2.22. The normalized spacial score (nSPS) is 19.1. The third kappa shape index (κ3) is 3.31. The summed E-state index contributed by atoms with van der Waals surface area (Å²) >= 11 is 0. The van der Waals surface area contributed by atoms with Crippen LogP contribution >= 0.6 is 0 Å². The second-order valence-corrected chi connectivity index (χ2v) is 8.16. The molecule has 2 heterocycles. The van der Waals surface area contributed by atoms with Gasteiger partial charge >= 0.3 is 0 Å². The van der Waals surface area contributed by atoms with Crippen LogP contribution < -0.4 is 10.1 Å². The number of nitrogens with one attached hydrogen (secondary N) is 1. The highest BCUT2D eigenvalue weighted by Crippen LogP contribution is 2.53. The minimum absolute atomic E-state index is 0.0353. The molecule has 1 fully saturated rings. The van der Waals surface area contributed by atoms with Gasteiger partial charge < -0.3 is 10.1 Å². The van der Waals surface area contributed by atoms with Crippen molar-refractivity contribution in [1.82, 2.24) is 5.32 Å². The average molecular weight is 383 g/mol. The summed E-state index contributed by atoms with van der Waals surface area (Å²) in [5.41, 5.74) is 8.34. The SMILES string of the molecule is C=C(NC1=CC(c2ccccc2)=C(C)N=CC1)C1(c2ccc3c(c2)CCO3)CC1. The van der Waals surface area contributed by atoms with E-state index in [1.165, 1.54) is 16.7 Å². The van der Waals surface area contributed by atoms with E-state index in [0.29, 0.717) is 0 Å². The first-order valence-electron chi connectivity index (χ1n) is 10.4. The molecule has 0 amide bonds. The van der Waals surface area contributed by atoms with E-state index < -0.39 is 0 Å². The minimum atomic E-state index is 0.0353. The van der Waals surface area contributed by atoms with E-state index in [4.69, 9.17) is 4.74 Å². The Labute approximate surface area is 172 Å². The van der Waals surface area contributed by atoms with E-state index in [1.807, 2.05) is 12.3 Å². The number of hydrogen-bond donors (Lipinski definition) is 1. The van der Waals surface area contributed by atoms with Crippen LogP contribution in [0.2, 0.25) is 0 Å². The Kier molecular flexibility index (Phi) is 4.39. The van der Waals surface area contributed by atoms with Crippen molar-refractivity contribution in [3.8, 4) is 5.75 Å². The number of fused-ring (bicyclic) bond motifs is 1. The number of aliphatic imine (C=N–C) groups is 1. The average Bonchev–Trinajstić information content (AvgIpc) is 3.46. The third-order valence-electron chi connectivity index (χ3n) is 6.27. The Morgan fingerprint density at radius 1 is 1.14 bits per heavy atom. The van der Waals surface area contributed by atoms with Crippen LogP contribution in [0, 0.1) is 0 Å². The first-order valence-corrected chi connectivity index (χ1v) is 10.4. The lowest BCUT2D eigenvalue weighted by atomic mass is 9.90. The fourth-order valence-electron chi connectivity index (χ4n) is 4.37. The van der Waals surface area contributed by atoms with Crippen molar-refractivity contribution in [2.24, 2.45) is 4.99 Å². The maximum atomic E-state index is 5.68. The van der Waals surface area contributed by atoms with Gasteiger partial charge in [0.1, 0.15) is 5.75 Å². The molecule has 1 aliphatic carbocycles. The van der Waals surface area contributed by atoms with Gasteiger partial charge in [0.25, 0.3) is 0 Å². The zero-order valence-corrected chi connectivity index (χ0v) is 16.9. The van der Waals surface area contributed by atoms with E-state index >= 15 is 0 Å². The summed E-state index contributed by atoms with van der Waals surface area (Å²) in [6.45, 7) is 7.32. The summed E-state index contributed by atoms with van der Waals surface area (Å²) in [6, 6.07) is 17.1. The molecule has 3 nitrogen and oxygen atoms in total. The number of allylic oxidation sites excluding steroid dienone is 5. The molecule has 0 saturated heterocycles. The molecule has 2 aliphatic heterocycles. The Hall–Kier alpha value is -3.07. The van der Waals surface area contributed by atoms with Crippen molar-refractivity contribution in [2.75, 3.05) is 6.61 Å². The smallest absolute Gasteiger partial charge is 0.122 e. The molecule has 5 rings (SSSR count). The standard InChI is InChI=1S/C26H26N2O/c1-18-24(20-6-4-3-5-7-20)17-23(10-14-27-18)28-19(2)26(12-13-26)22-8-9-25-21(16-22)11-15-29-25/h3-9,14,16-17,28H,2,10-13,15H2,1H3. The van der Waals surface area contributed by atoms with E-state index in [0.717, 1.165) is 60.7 Å². The quantitative estimate of drug-likeness (QED) is 0.736. The Balaban J connectivity index is 1.41. The van der Waals surface area contributed by atoms with Crippen molar-refractivity contribution >= 4 is 11.8 Å². The van der Waals surface area contributed by atoms with E-state index in [1.54, 1.807) is 0 Å². The van der Waals surface area contributed by atoms with E-state index in [-0.39, 0.29) is 5.41 Å². The second-order valence-electron chi connectivity index (χ2n) is 8.16. The highest BCUT2D eigenvalue weighted by molar-refractivity contribution is 5.81. The molecule has 1 N–H and O–H groups in total. The first kappa shape index (κ1) is 18.0. The van der Waals surface area contributed by atoms with Gasteiger partial charge in [-0.1, -0.05) is 49.0 Å². The molecule has 0 aromatic heterocycles. The second kappa shape index (κ2) is 7.07. The maximum Gasteiger partial charge on any atom is 0.122 e. The van der Waals surface area contributed by atoms with Crippen LogP contribution in [0.15, 0.2) is 83.3 Å². The first-order chi connectivity index (χ1) is 14.2. The summed E-state index contributed by atoms with van der Waals surface area (Å²) < 4.78 is 5.68. The molecule has 2 aromatic carbocycles. The van der Waals surface area contributed by atoms with E-state index in [9.17, 15) is 0 Å². The highest BCUT2D eigenvalue weighted by atomic mass is 16.5. The molecule has 0 radical (unpaired) electrons. The van der Waals surface area contributed by atoms with Gasteiger partial charge in [-0.3, -0.25) is 4.99 Å². The predicted octanol–water partition coefficient (Wildman–Crippen LogP) is 5.55. The molecular formula is C26H26N2O.